The third kappa shape index (κ3) is 4.05. The SMILES string of the molecule is Cc1cc2nc(C)c(CCC(=O)NC(c3ccccc3F)c3nccn3C)c(C)n2n1. The van der Waals surface area contributed by atoms with E-state index in [4.69, 9.17) is 0 Å². The highest BCUT2D eigenvalue weighted by atomic mass is 19.1. The van der Waals surface area contributed by atoms with Gasteiger partial charge >= 0.3 is 0 Å². The van der Waals surface area contributed by atoms with Gasteiger partial charge in [-0.05, 0) is 38.8 Å². The van der Waals surface area contributed by atoms with Gasteiger partial charge in [-0.15, -0.1) is 0 Å². The lowest BCUT2D eigenvalue weighted by Crippen LogP contribution is -2.32. The van der Waals surface area contributed by atoms with Crippen molar-refractivity contribution in [3.8, 4) is 0 Å². The number of amides is 1. The summed E-state index contributed by atoms with van der Waals surface area (Å²) in [6.45, 7) is 5.85. The van der Waals surface area contributed by atoms with Gasteiger partial charge in [-0.1, -0.05) is 18.2 Å². The summed E-state index contributed by atoms with van der Waals surface area (Å²) in [5.41, 5.74) is 4.92. The van der Waals surface area contributed by atoms with Crippen LogP contribution in [-0.4, -0.2) is 30.1 Å². The van der Waals surface area contributed by atoms with Crippen molar-refractivity contribution in [2.24, 2.45) is 7.05 Å². The van der Waals surface area contributed by atoms with Crippen LogP contribution in [-0.2, 0) is 18.3 Å². The molecule has 3 heterocycles. The van der Waals surface area contributed by atoms with Crippen LogP contribution in [0.1, 0.15) is 46.5 Å². The van der Waals surface area contributed by atoms with E-state index in [1.807, 2.05) is 38.4 Å². The van der Waals surface area contributed by atoms with Crippen molar-refractivity contribution in [1.82, 2.24) is 29.5 Å². The fourth-order valence-electron chi connectivity index (χ4n) is 3.92. The Morgan fingerprint density at radius 1 is 1.23 bits per heavy atom. The number of nitrogens with zero attached hydrogens (tertiary/aromatic N) is 5. The summed E-state index contributed by atoms with van der Waals surface area (Å²) in [5.74, 6) is -0.00102. The standard InChI is InChI=1S/C23H25FN6O/c1-14-13-20-26-15(2)17(16(3)30(20)28-14)9-10-21(31)27-22(23-25-11-12-29(23)4)18-7-5-6-8-19(18)24/h5-8,11-13,22H,9-10H2,1-4H3,(H,27,31). The zero-order valence-corrected chi connectivity index (χ0v) is 18.1. The third-order valence-corrected chi connectivity index (χ3v) is 5.53. The van der Waals surface area contributed by atoms with E-state index >= 15 is 0 Å². The van der Waals surface area contributed by atoms with Gasteiger partial charge in [0.05, 0.1) is 5.69 Å². The average Bonchev–Trinajstić information content (AvgIpc) is 3.31. The van der Waals surface area contributed by atoms with Crippen LogP contribution in [0.25, 0.3) is 5.65 Å². The molecule has 7 nitrogen and oxygen atoms in total. The Bertz CT molecular complexity index is 1260. The van der Waals surface area contributed by atoms with Gasteiger partial charge in [-0.2, -0.15) is 5.10 Å². The van der Waals surface area contributed by atoms with Crippen molar-refractivity contribution >= 4 is 11.6 Å². The van der Waals surface area contributed by atoms with E-state index in [2.05, 4.69) is 20.4 Å². The topological polar surface area (TPSA) is 77.1 Å². The van der Waals surface area contributed by atoms with Crippen LogP contribution in [0.3, 0.4) is 0 Å². The summed E-state index contributed by atoms with van der Waals surface area (Å²) in [6.07, 6.45) is 4.16. The number of hydrogen-bond acceptors (Lipinski definition) is 4. The van der Waals surface area contributed by atoms with Crippen molar-refractivity contribution in [2.75, 3.05) is 0 Å². The van der Waals surface area contributed by atoms with Crippen molar-refractivity contribution in [3.05, 3.63) is 82.6 Å². The van der Waals surface area contributed by atoms with E-state index in [9.17, 15) is 9.18 Å². The minimum Gasteiger partial charge on any atom is -0.342 e. The van der Waals surface area contributed by atoms with E-state index in [1.54, 1.807) is 35.2 Å². The van der Waals surface area contributed by atoms with Gasteiger partial charge in [0.1, 0.15) is 17.7 Å². The van der Waals surface area contributed by atoms with Crippen LogP contribution in [0, 0.1) is 26.6 Å². The first-order chi connectivity index (χ1) is 14.8. The zero-order valence-electron chi connectivity index (χ0n) is 18.1. The van der Waals surface area contributed by atoms with Crippen LogP contribution in [0.2, 0.25) is 0 Å². The summed E-state index contributed by atoms with van der Waals surface area (Å²) >= 11 is 0. The fourth-order valence-corrected chi connectivity index (χ4v) is 3.92. The molecule has 8 heteroatoms. The predicted molar refractivity (Wildman–Crippen MR) is 115 cm³/mol. The smallest absolute Gasteiger partial charge is 0.221 e. The largest absolute Gasteiger partial charge is 0.342 e. The summed E-state index contributed by atoms with van der Waals surface area (Å²) < 4.78 is 18.1. The molecule has 1 N–H and O–H groups in total. The maximum Gasteiger partial charge on any atom is 0.221 e. The second-order valence-corrected chi connectivity index (χ2v) is 7.74. The molecule has 0 aliphatic carbocycles. The summed E-state index contributed by atoms with van der Waals surface area (Å²) in [7, 11) is 1.82. The molecular formula is C23H25FN6O. The molecule has 0 radical (unpaired) electrons. The Morgan fingerprint density at radius 2 is 2.00 bits per heavy atom. The van der Waals surface area contributed by atoms with Crippen LogP contribution in [0.4, 0.5) is 4.39 Å². The lowest BCUT2D eigenvalue weighted by molar-refractivity contribution is -0.121. The highest BCUT2D eigenvalue weighted by Crippen LogP contribution is 2.24. The molecule has 31 heavy (non-hydrogen) atoms. The van der Waals surface area contributed by atoms with Crippen LogP contribution >= 0.6 is 0 Å². The Morgan fingerprint density at radius 3 is 2.71 bits per heavy atom. The Balaban J connectivity index is 1.56. The normalized spacial score (nSPS) is 12.3. The van der Waals surface area contributed by atoms with E-state index in [1.165, 1.54) is 6.07 Å². The fraction of sp³-hybridized carbons (Fsp3) is 0.304. The van der Waals surface area contributed by atoms with E-state index in [0.29, 0.717) is 17.8 Å². The minimum atomic E-state index is -0.676. The zero-order chi connectivity index (χ0) is 22.1. The summed E-state index contributed by atoms with van der Waals surface area (Å²) in [6, 6.07) is 7.69. The second kappa shape index (κ2) is 8.29. The number of fused-ring (bicyclic) bond motifs is 1. The Labute approximate surface area is 180 Å². The third-order valence-electron chi connectivity index (χ3n) is 5.53. The van der Waals surface area contributed by atoms with Crippen LogP contribution in [0.5, 0.6) is 0 Å². The predicted octanol–water partition coefficient (Wildman–Crippen LogP) is 3.37. The number of carbonyl (C=O) groups is 1. The molecular weight excluding hydrogens is 395 g/mol. The van der Waals surface area contributed by atoms with Gasteiger partial charge in [-0.25, -0.2) is 18.9 Å². The van der Waals surface area contributed by atoms with Gasteiger partial charge in [0, 0.05) is 48.9 Å². The Hall–Kier alpha value is -3.55. The van der Waals surface area contributed by atoms with Gasteiger partial charge in [-0.3, -0.25) is 4.79 Å². The van der Waals surface area contributed by atoms with Crippen LogP contribution < -0.4 is 5.32 Å². The molecule has 0 bridgehead atoms. The maximum atomic E-state index is 14.5. The number of rotatable bonds is 6. The summed E-state index contributed by atoms with van der Waals surface area (Å²) in [5, 5.41) is 7.45. The molecule has 0 aliphatic rings. The molecule has 4 aromatic rings. The monoisotopic (exact) mass is 420 g/mol. The lowest BCUT2D eigenvalue weighted by atomic mass is 10.0. The number of aryl methyl sites for hydroxylation is 4. The molecule has 1 aromatic carbocycles. The van der Waals surface area contributed by atoms with E-state index < -0.39 is 6.04 Å². The highest BCUT2D eigenvalue weighted by molar-refractivity contribution is 5.77. The molecule has 1 amide bonds. The number of aromatic nitrogens is 5. The maximum absolute atomic E-state index is 14.5. The molecule has 3 aromatic heterocycles. The molecule has 0 spiro atoms. The van der Waals surface area contributed by atoms with Crippen LogP contribution in [0.15, 0.2) is 42.7 Å². The molecule has 0 saturated carbocycles. The minimum absolute atomic E-state index is 0.188. The highest BCUT2D eigenvalue weighted by Gasteiger charge is 2.23. The van der Waals surface area contributed by atoms with Crippen molar-refractivity contribution in [1.29, 1.82) is 0 Å². The van der Waals surface area contributed by atoms with Gasteiger partial charge < -0.3 is 9.88 Å². The van der Waals surface area contributed by atoms with Gasteiger partial charge in [0.15, 0.2) is 5.65 Å². The van der Waals surface area contributed by atoms with Gasteiger partial charge in [0.2, 0.25) is 5.91 Å². The van der Waals surface area contributed by atoms with Crippen molar-refractivity contribution in [3.63, 3.8) is 0 Å². The number of hydrogen-bond donors (Lipinski definition) is 1. The quantitative estimate of drug-likeness (QED) is 0.519. The number of halogens is 1. The number of carbonyl (C=O) groups excluding carboxylic acids is 1. The molecule has 4 rings (SSSR count). The molecule has 0 fully saturated rings. The molecule has 1 atom stereocenters. The number of imidazole rings is 1. The summed E-state index contributed by atoms with van der Waals surface area (Å²) in [4.78, 5) is 21.8. The second-order valence-electron chi connectivity index (χ2n) is 7.74. The first-order valence-electron chi connectivity index (χ1n) is 10.2. The number of benzene rings is 1. The first-order valence-corrected chi connectivity index (χ1v) is 10.2. The molecule has 0 saturated heterocycles. The van der Waals surface area contributed by atoms with E-state index in [-0.39, 0.29) is 18.1 Å². The Kier molecular flexibility index (Phi) is 5.54. The average molecular weight is 420 g/mol. The molecule has 1 unspecified atom stereocenters. The lowest BCUT2D eigenvalue weighted by Gasteiger charge is -2.20. The number of nitrogens with one attached hydrogen (secondary N) is 1. The first kappa shape index (κ1) is 20.7. The van der Waals surface area contributed by atoms with Gasteiger partial charge in [0.25, 0.3) is 0 Å². The molecule has 0 aliphatic heterocycles. The van der Waals surface area contributed by atoms with E-state index in [0.717, 1.165) is 28.3 Å². The van der Waals surface area contributed by atoms with Crippen molar-refractivity contribution < 1.29 is 9.18 Å². The van der Waals surface area contributed by atoms with Crippen molar-refractivity contribution in [2.45, 2.75) is 39.7 Å². The molecule has 160 valence electrons.